The molecule has 0 saturated carbocycles. The molecule has 2 heterocycles. The first-order valence-corrected chi connectivity index (χ1v) is 8.51. The molecule has 26 heavy (non-hydrogen) atoms. The van der Waals surface area contributed by atoms with Crippen LogP contribution < -0.4 is 9.47 Å². The molecule has 0 N–H and O–H groups in total. The zero-order valence-electron chi connectivity index (χ0n) is 13.6. The first kappa shape index (κ1) is 16.8. The third-order valence-corrected chi connectivity index (χ3v) is 4.45. The maximum Gasteiger partial charge on any atom is 0.219 e. The Hall–Kier alpha value is -2.66. The lowest BCUT2D eigenvalue weighted by Crippen LogP contribution is -2.16. The van der Waals surface area contributed by atoms with Crippen LogP contribution in [0.5, 0.6) is 17.4 Å². The van der Waals surface area contributed by atoms with Gasteiger partial charge in [0.15, 0.2) is 11.6 Å². The van der Waals surface area contributed by atoms with Crippen molar-refractivity contribution in [1.29, 1.82) is 0 Å². The van der Waals surface area contributed by atoms with Gasteiger partial charge in [0.1, 0.15) is 17.6 Å². The van der Waals surface area contributed by atoms with Crippen molar-refractivity contribution in [1.82, 2.24) is 4.98 Å². The van der Waals surface area contributed by atoms with Crippen LogP contribution in [0.15, 0.2) is 54.7 Å². The number of pyridine rings is 1. The molecule has 0 radical (unpaired) electrons. The first-order valence-electron chi connectivity index (χ1n) is 8.13. The highest BCUT2D eigenvalue weighted by molar-refractivity contribution is 6.30. The van der Waals surface area contributed by atoms with Gasteiger partial charge < -0.3 is 9.47 Å². The van der Waals surface area contributed by atoms with Gasteiger partial charge in [0, 0.05) is 17.8 Å². The van der Waals surface area contributed by atoms with Crippen LogP contribution in [-0.2, 0) is 6.42 Å². The number of hydrogen-bond acceptors (Lipinski definition) is 3. The van der Waals surface area contributed by atoms with Gasteiger partial charge in [-0.05, 0) is 48.7 Å². The third kappa shape index (κ3) is 3.35. The molecule has 1 aliphatic rings. The summed E-state index contributed by atoms with van der Waals surface area (Å²) >= 11 is 5.81. The minimum absolute atomic E-state index is 0.237. The van der Waals surface area contributed by atoms with E-state index in [4.69, 9.17) is 21.1 Å². The van der Waals surface area contributed by atoms with E-state index in [0.29, 0.717) is 35.2 Å². The Bertz CT molecular complexity index is 947. The Morgan fingerprint density at radius 3 is 2.81 bits per heavy atom. The highest BCUT2D eigenvalue weighted by Crippen LogP contribution is 2.38. The lowest BCUT2D eigenvalue weighted by molar-refractivity contribution is 0.170. The standard InChI is InChI=1S/C20H14ClF2NO2/c21-13-5-9-19(24-11-13)25-14-6-8-17-12(10-14)4-7-18(26-17)15-2-1-3-16(22)20(15)23/h1-3,5-6,8-11,18H,4,7H2. The second-order valence-corrected chi connectivity index (χ2v) is 6.41. The molecule has 6 heteroatoms. The molecule has 132 valence electrons. The van der Waals surface area contributed by atoms with E-state index in [1.165, 1.54) is 12.3 Å². The molecule has 0 bridgehead atoms. The van der Waals surface area contributed by atoms with Crippen LogP contribution in [-0.4, -0.2) is 4.98 Å². The van der Waals surface area contributed by atoms with Crippen LogP contribution in [0.2, 0.25) is 5.02 Å². The lowest BCUT2D eigenvalue weighted by Gasteiger charge is -2.27. The Kier molecular flexibility index (Phi) is 4.47. The molecule has 2 aromatic carbocycles. The van der Waals surface area contributed by atoms with Gasteiger partial charge in [0.05, 0.1) is 5.02 Å². The van der Waals surface area contributed by atoms with Crippen LogP contribution >= 0.6 is 11.6 Å². The number of rotatable bonds is 3. The van der Waals surface area contributed by atoms with E-state index in [2.05, 4.69) is 4.98 Å². The number of nitrogens with zero attached hydrogens (tertiary/aromatic N) is 1. The second-order valence-electron chi connectivity index (χ2n) is 5.97. The summed E-state index contributed by atoms with van der Waals surface area (Å²) in [5.41, 5.74) is 1.19. The Morgan fingerprint density at radius 2 is 2.00 bits per heavy atom. The fraction of sp³-hybridized carbons (Fsp3) is 0.150. The molecule has 3 nitrogen and oxygen atoms in total. The number of aryl methyl sites for hydroxylation is 1. The highest BCUT2D eigenvalue weighted by Gasteiger charge is 2.25. The van der Waals surface area contributed by atoms with E-state index < -0.39 is 17.7 Å². The van der Waals surface area contributed by atoms with Gasteiger partial charge in [0.25, 0.3) is 0 Å². The molecule has 1 aromatic heterocycles. The van der Waals surface area contributed by atoms with Crippen molar-refractivity contribution in [3.63, 3.8) is 0 Å². The summed E-state index contributed by atoms with van der Waals surface area (Å²) in [6.07, 6.45) is 2.22. The predicted molar refractivity (Wildman–Crippen MR) is 93.8 cm³/mol. The number of halogens is 3. The molecular formula is C20H14ClF2NO2. The minimum Gasteiger partial charge on any atom is -0.485 e. The van der Waals surface area contributed by atoms with Crippen molar-refractivity contribution in [2.24, 2.45) is 0 Å². The second kappa shape index (κ2) is 6.92. The van der Waals surface area contributed by atoms with Crippen molar-refractivity contribution < 1.29 is 18.3 Å². The summed E-state index contributed by atoms with van der Waals surface area (Å²) in [5, 5.41) is 0.534. The fourth-order valence-electron chi connectivity index (χ4n) is 2.96. The van der Waals surface area contributed by atoms with Gasteiger partial charge in [-0.1, -0.05) is 23.7 Å². The molecule has 1 unspecified atom stereocenters. The molecule has 0 saturated heterocycles. The zero-order chi connectivity index (χ0) is 18.1. The van der Waals surface area contributed by atoms with Crippen molar-refractivity contribution in [2.45, 2.75) is 18.9 Å². The molecule has 3 aromatic rings. The quantitative estimate of drug-likeness (QED) is 0.575. The summed E-state index contributed by atoms with van der Waals surface area (Å²) in [4.78, 5) is 4.09. The Balaban J connectivity index is 1.54. The molecule has 0 aliphatic carbocycles. The van der Waals surface area contributed by atoms with E-state index in [9.17, 15) is 8.78 Å². The van der Waals surface area contributed by atoms with Crippen molar-refractivity contribution in [3.8, 4) is 17.4 Å². The monoisotopic (exact) mass is 373 g/mol. The molecule has 1 atom stereocenters. The average molecular weight is 374 g/mol. The first-order chi connectivity index (χ1) is 12.6. The smallest absolute Gasteiger partial charge is 0.219 e. The normalized spacial score (nSPS) is 15.9. The SMILES string of the molecule is Fc1cccc(C2CCc3cc(Oc4ccc(Cl)cn4)ccc3O2)c1F. The molecular weight excluding hydrogens is 360 g/mol. The van der Waals surface area contributed by atoms with Crippen LogP contribution in [0.4, 0.5) is 8.78 Å². The lowest BCUT2D eigenvalue weighted by atomic mass is 9.97. The minimum atomic E-state index is -0.865. The maximum atomic E-state index is 14.0. The molecule has 0 fully saturated rings. The highest BCUT2D eigenvalue weighted by atomic mass is 35.5. The molecule has 1 aliphatic heterocycles. The van der Waals surface area contributed by atoms with Crippen LogP contribution in [0.3, 0.4) is 0 Å². The topological polar surface area (TPSA) is 31.4 Å². The summed E-state index contributed by atoms with van der Waals surface area (Å²) in [7, 11) is 0. The van der Waals surface area contributed by atoms with E-state index in [1.54, 1.807) is 30.3 Å². The third-order valence-electron chi connectivity index (χ3n) is 4.23. The Morgan fingerprint density at radius 1 is 1.12 bits per heavy atom. The van der Waals surface area contributed by atoms with Crippen LogP contribution in [0, 0.1) is 11.6 Å². The Labute approximate surface area is 154 Å². The van der Waals surface area contributed by atoms with Gasteiger partial charge in [-0.2, -0.15) is 0 Å². The van der Waals surface area contributed by atoms with E-state index in [0.717, 1.165) is 11.6 Å². The van der Waals surface area contributed by atoms with Crippen molar-refractivity contribution in [3.05, 3.63) is 82.5 Å². The van der Waals surface area contributed by atoms with Gasteiger partial charge in [-0.15, -0.1) is 0 Å². The van der Waals surface area contributed by atoms with E-state index >= 15 is 0 Å². The average Bonchev–Trinajstić information content (AvgIpc) is 2.65. The van der Waals surface area contributed by atoms with E-state index in [-0.39, 0.29) is 5.56 Å². The van der Waals surface area contributed by atoms with Gasteiger partial charge in [0.2, 0.25) is 5.88 Å². The van der Waals surface area contributed by atoms with Crippen molar-refractivity contribution >= 4 is 11.6 Å². The van der Waals surface area contributed by atoms with Crippen LogP contribution in [0.1, 0.15) is 23.7 Å². The maximum absolute atomic E-state index is 14.0. The van der Waals surface area contributed by atoms with Gasteiger partial charge >= 0.3 is 0 Å². The summed E-state index contributed by atoms with van der Waals surface area (Å²) in [6.45, 7) is 0. The number of aromatic nitrogens is 1. The largest absolute Gasteiger partial charge is 0.485 e. The van der Waals surface area contributed by atoms with Crippen molar-refractivity contribution in [2.75, 3.05) is 0 Å². The van der Waals surface area contributed by atoms with Gasteiger partial charge in [-0.25, -0.2) is 13.8 Å². The molecule has 0 spiro atoms. The number of ether oxygens (including phenoxy) is 2. The van der Waals surface area contributed by atoms with Gasteiger partial charge in [-0.3, -0.25) is 0 Å². The fourth-order valence-corrected chi connectivity index (χ4v) is 3.07. The predicted octanol–water partition coefficient (Wildman–Crippen LogP) is 5.87. The summed E-state index contributed by atoms with van der Waals surface area (Å²) in [5.74, 6) is -0.0181. The molecule has 4 rings (SSSR count). The van der Waals surface area contributed by atoms with Crippen LogP contribution in [0.25, 0.3) is 0 Å². The molecule has 0 amide bonds. The van der Waals surface area contributed by atoms with E-state index in [1.807, 2.05) is 6.07 Å². The number of hydrogen-bond donors (Lipinski definition) is 0. The number of benzene rings is 2. The summed E-state index contributed by atoms with van der Waals surface area (Å²) in [6, 6.07) is 12.9. The number of fused-ring (bicyclic) bond motifs is 1. The summed E-state index contributed by atoms with van der Waals surface area (Å²) < 4.78 is 39.0. The zero-order valence-corrected chi connectivity index (χ0v) is 14.3.